The maximum absolute atomic E-state index is 12.1. The van der Waals surface area contributed by atoms with E-state index in [-0.39, 0.29) is 24.8 Å². The van der Waals surface area contributed by atoms with Crippen LogP contribution in [0.15, 0.2) is 47.9 Å². The second kappa shape index (κ2) is 8.64. The number of thiophene rings is 1. The van der Waals surface area contributed by atoms with Crippen molar-refractivity contribution in [2.45, 2.75) is 6.42 Å². The first-order chi connectivity index (χ1) is 11.6. The molecule has 124 valence electrons. The maximum atomic E-state index is 12.1. The summed E-state index contributed by atoms with van der Waals surface area (Å²) < 4.78 is 0. The van der Waals surface area contributed by atoms with Gasteiger partial charge in [-0.1, -0.05) is 18.2 Å². The summed E-state index contributed by atoms with van der Waals surface area (Å²) in [4.78, 5) is 35.8. The molecular formula is C17H17N3O3S. The van der Waals surface area contributed by atoms with Crippen molar-refractivity contribution in [3.63, 3.8) is 0 Å². The van der Waals surface area contributed by atoms with E-state index in [9.17, 15) is 14.4 Å². The molecular weight excluding hydrogens is 326 g/mol. The van der Waals surface area contributed by atoms with Crippen molar-refractivity contribution in [3.8, 4) is 0 Å². The highest BCUT2D eigenvalue weighted by atomic mass is 32.1. The maximum Gasteiger partial charge on any atom is 0.253 e. The summed E-state index contributed by atoms with van der Waals surface area (Å²) in [5.41, 5.74) is 5.75. The van der Waals surface area contributed by atoms with Gasteiger partial charge in [0.1, 0.15) is 0 Å². The Morgan fingerprint density at radius 2 is 1.92 bits per heavy atom. The lowest BCUT2D eigenvalue weighted by molar-refractivity contribution is -0.118. The number of anilines is 1. The number of para-hydroxylation sites is 1. The molecule has 0 aliphatic rings. The van der Waals surface area contributed by atoms with Gasteiger partial charge in [0.15, 0.2) is 0 Å². The van der Waals surface area contributed by atoms with Crippen LogP contribution < -0.4 is 16.4 Å². The quantitative estimate of drug-likeness (QED) is 0.670. The smallest absolute Gasteiger partial charge is 0.253 e. The van der Waals surface area contributed by atoms with Gasteiger partial charge in [-0.3, -0.25) is 14.4 Å². The fraction of sp³-hybridized carbons (Fsp3) is 0.118. The molecule has 0 spiro atoms. The Labute approximate surface area is 143 Å². The van der Waals surface area contributed by atoms with E-state index in [1.807, 2.05) is 17.5 Å². The second-order valence-electron chi connectivity index (χ2n) is 4.86. The first kappa shape index (κ1) is 17.4. The van der Waals surface area contributed by atoms with Crippen LogP contribution in [0.4, 0.5) is 5.69 Å². The van der Waals surface area contributed by atoms with Crippen LogP contribution in [0.1, 0.15) is 21.7 Å². The van der Waals surface area contributed by atoms with Crippen molar-refractivity contribution in [3.05, 3.63) is 58.3 Å². The summed E-state index contributed by atoms with van der Waals surface area (Å²) in [5.74, 6) is -1.20. The van der Waals surface area contributed by atoms with E-state index in [0.717, 1.165) is 4.88 Å². The van der Waals surface area contributed by atoms with Crippen LogP contribution >= 0.6 is 11.3 Å². The molecule has 2 rings (SSSR count). The van der Waals surface area contributed by atoms with Crippen molar-refractivity contribution in [1.82, 2.24) is 5.32 Å². The van der Waals surface area contributed by atoms with Gasteiger partial charge in [0, 0.05) is 23.9 Å². The molecule has 1 heterocycles. The molecule has 0 aliphatic heterocycles. The highest BCUT2D eigenvalue weighted by Gasteiger charge is 2.12. The number of hydrogen-bond donors (Lipinski definition) is 3. The van der Waals surface area contributed by atoms with Gasteiger partial charge in [-0.05, 0) is 29.7 Å². The summed E-state index contributed by atoms with van der Waals surface area (Å²) in [6, 6.07) is 10.4. The molecule has 0 radical (unpaired) electrons. The first-order valence-corrected chi connectivity index (χ1v) is 8.12. The van der Waals surface area contributed by atoms with E-state index in [1.54, 1.807) is 30.3 Å². The Balaban J connectivity index is 2.01. The standard InChI is InChI=1S/C17H17N3O3S/c18-15(21)9-10-19-17(23)13-5-1-2-6-14(13)20-16(22)8-7-12-4-3-11-24-12/h1-8,11H,9-10H2,(H2,18,21)(H,19,23)(H,20,22). The molecule has 0 atom stereocenters. The lowest BCUT2D eigenvalue weighted by Gasteiger charge is -2.10. The number of primary amides is 1. The van der Waals surface area contributed by atoms with Crippen molar-refractivity contribution in [1.29, 1.82) is 0 Å². The van der Waals surface area contributed by atoms with Crippen LogP contribution in [0.2, 0.25) is 0 Å². The van der Waals surface area contributed by atoms with Gasteiger partial charge in [0.2, 0.25) is 11.8 Å². The monoisotopic (exact) mass is 343 g/mol. The third kappa shape index (κ3) is 5.36. The molecule has 4 N–H and O–H groups in total. The highest BCUT2D eigenvalue weighted by Crippen LogP contribution is 2.15. The molecule has 0 unspecified atom stereocenters. The molecule has 1 aromatic carbocycles. The Morgan fingerprint density at radius 1 is 1.12 bits per heavy atom. The van der Waals surface area contributed by atoms with Crippen molar-refractivity contribution >= 4 is 40.8 Å². The van der Waals surface area contributed by atoms with Crippen LogP contribution in [-0.4, -0.2) is 24.3 Å². The average molecular weight is 343 g/mol. The third-order valence-electron chi connectivity index (χ3n) is 3.03. The van der Waals surface area contributed by atoms with Crippen LogP contribution in [0, 0.1) is 0 Å². The molecule has 1 aromatic heterocycles. The lowest BCUT2D eigenvalue weighted by atomic mass is 10.1. The van der Waals surface area contributed by atoms with E-state index in [0.29, 0.717) is 11.3 Å². The molecule has 0 saturated heterocycles. The van der Waals surface area contributed by atoms with Gasteiger partial charge >= 0.3 is 0 Å². The van der Waals surface area contributed by atoms with Gasteiger partial charge < -0.3 is 16.4 Å². The zero-order valence-corrected chi connectivity index (χ0v) is 13.6. The molecule has 0 bridgehead atoms. The Hall–Kier alpha value is -2.93. The predicted molar refractivity (Wildman–Crippen MR) is 94.6 cm³/mol. The van der Waals surface area contributed by atoms with E-state index in [2.05, 4.69) is 10.6 Å². The number of nitrogens with two attached hydrogens (primary N) is 1. The first-order valence-electron chi connectivity index (χ1n) is 7.24. The SMILES string of the molecule is NC(=O)CCNC(=O)c1ccccc1NC(=O)C=Cc1cccs1. The third-order valence-corrected chi connectivity index (χ3v) is 3.87. The number of amides is 3. The van der Waals surface area contributed by atoms with E-state index >= 15 is 0 Å². The van der Waals surface area contributed by atoms with Crippen LogP contribution in [0.3, 0.4) is 0 Å². The summed E-state index contributed by atoms with van der Waals surface area (Å²) in [7, 11) is 0. The molecule has 7 heteroatoms. The Kier molecular flexibility index (Phi) is 6.27. The molecule has 2 aromatic rings. The molecule has 0 fully saturated rings. The summed E-state index contributed by atoms with van der Waals surface area (Å²) >= 11 is 1.52. The van der Waals surface area contributed by atoms with Gasteiger partial charge in [-0.25, -0.2) is 0 Å². The van der Waals surface area contributed by atoms with Gasteiger partial charge in [0.05, 0.1) is 11.3 Å². The minimum Gasteiger partial charge on any atom is -0.370 e. The van der Waals surface area contributed by atoms with Crippen LogP contribution in [0.25, 0.3) is 6.08 Å². The lowest BCUT2D eigenvalue weighted by Crippen LogP contribution is -2.28. The number of carbonyl (C=O) groups excluding carboxylic acids is 3. The number of rotatable bonds is 7. The second-order valence-corrected chi connectivity index (χ2v) is 5.84. The highest BCUT2D eigenvalue weighted by molar-refractivity contribution is 7.10. The van der Waals surface area contributed by atoms with Crippen molar-refractivity contribution in [2.75, 3.05) is 11.9 Å². The fourth-order valence-electron chi connectivity index (χ4n) is 1.90. The molecule has 3 amide bonds. The molecule has 0 aliphatic carbocycles. The largest absolute Gasteiger partial charge is 0.370 e. The fourth-order valence-corrected chi connectivity index (χ4v) is 2.52. The Morgan fingerprint density at radius 3 is 2.62 bits per heavy atom. The van der Waals surface area contributed by atoms with Gasteiger partial charge in [-0.2, -0.15) is 0 Å². The van der Waals surface area contributed by atoms with Crippen molar-refractivity contribution in [2.24, 2.45) is 5.73 Å². The predicted octanol–water partition coefficient (Wildman–Crippen LogP) is 2.01. The van der Waals surface area contributed by atoms with Crippen LogP contribution in [-0.2, 0) is 9.59 Å². The van der Waals surface area contributed by atoms with E-state index in [4.69, 9.17) is 5.73 Å². The van der Waals surface area contributed by atoms with Gasteiger partial charge in [-0.15, -0.1) is 11.3 Å². The molecule has 0 saturated carbocycles. The summed E-state index contributed by atoms with van der Waals surface area (Å²) in [6.07, 6.45) is 3.17. The van der Waals surface area contributed by atoms with E-state index in [1.165, 1.54) is 17.4 Å². The summed E-state index contributed by atoms with van der Waals surface area (Å²) in [6.45, 7) is 0.148. The number of hydrogen-bond acceptors (Lipinski definition) is 4. The minimum atomic E-state index is -0.490. The zero-order valence-electron chi connectivity index (χ0n) is 12.8. The number of benzene rings is 1. The number of nitrogens with one attached hydrogen (secondary N) is 2. The average Bonchev–Trinajstić information content (AvgIpc) is 3.06. The molecule has 6 nitrogen and oxygen atoms in total. The van der Waals surface area contributed by atoms with Gasteiger partial charge in [0.25, 0.3) is 5.91 Å². The van der Waals surface area contributed by atoms with Crippen LogP contribution in [0.5, 0.6) is 0 Å². The Bertz CT molecular complexity index is 754. The number of carbonyl (C=O) groups is 3. The zero-order chi connectivity index (χ0) is 17.4. The van der Waals surface area contributed by atoms with Crippen molar-refractivity contribution < 1.29 is 14.4 Å². The minimum absolute atomic E-state index is 0.0593. The topological polar surface area (TPSA) is 101 Å². The normalized spacial score (nSPS) is 10.5. The molecule has 24 heavy (non-hydrogen) atoms. The summed E-state index contributed by atoms with van der Waals surface area (Å²) in [5, 5.41) is 7.19. The van der Waals surface area contributed by atoms with E-state index < -0.39 is 5.91 Å².